The van der Waals surface area contributed by atoms with Crippen LogP contribution < -0.4 is 10.2 Å². The van der Waals surface area contributed by atoms with Gasteiger partial charge in [-0.25, -0.2) is 0 Å². The summed E-state index contributed by atoms with van der Waals surface area (Å²) in [6.07, 6.45) is 3.69. The number of hydrogen-bond donors (Lipinski definition) is 1. The lowest BCUT2D eigenvalue weighted by Gasteiger charge is -2.30. The van der Waals surface area contributed by atoms with Gasteiger partial charge >= 0.3 is 0 Å². The molecule has 0 aromatic heterocycles. The molecule has 0 atom stereocenters. The third kappa shape index (κ3) is 3.21. The second-order valence-electron chi connectivity index (χ2n) is 6.21. The molecule has 4 nitrogen and oxygen atoms in total. The molecular weight excluding hydrogens is 260 g/mol. The lowest BCUT2D eigenvalue weighted by molar-refractivity contribution is 0.220. The lowest BCUT2D eigenvalue weighted by atomic mass is 9.97. The molecule has 0 aliphatic carbocycles. The Hall–Kier alpha value is -1.55. The molecule has 3 rings (SSSR count). The number of piperidine rings is 1. The Balaban J connectivity index is 1.59. The molecule has 1 aromatic carbocycles. The van der Waals surface area contributed by atoms with Crippen LogP contribution in [-0.4, -0.2) is 51.1 Å². The Bertz CT molecular complexity index is 503. The summed E-state index contributed by atoms with van der Waals surface area (Å²) in [4.78, 5) is 9.23. The van der Waals surface area contributed by atoms with Crippen LogP contribution in [0.5, 0.6) is 0 Å². The smallest absolute Gasteiger partial charge is 0.198 e. The van der Waals surface area contributed by atoms with Crippen LogP contribution in [0.3, 0.4) is 0 Å². The maximum Gasteiger partial charge on any atom is 0.198 e. The van der Waals surface area contributed by atoms with Crippen LogP contribution in [0.25, 0.3) is 0 Å². The van der Waals surface area contributed by atoms with E-state index in [1.165, 1.54) is 37.2 Å². The maximum atomic E-state index is 4.49. The minimum atomic E-state index is 0.774. The first-order valence-electron chi connectivity index (χ1n) is 8.02. The molecule has 1 N–H and O–H groups in total. The normalized spacial score (nSPS) is 20.7. The Morgan fingerprint density at radius 3 is 2.76 bits per heavy atom. The summed E-state index contributed by atoms with van der Waals surface area (Å²) in [5.74, 6) is 1.80. The Morgan fingerprint density at radius 1 is 1.24 bits per heavy atom. The van der Waals surface area contributed by atoms with Gasteiger partial charge in [0, 0.05) is 25.8 Å². The van der Waals surface area contributed by atoms with Crippen molar-refractivity contribution in [2.24, 2.45) is 10.9 Å². The van der Waals surface area contributed by atoms with E-state index in [9.17, 15) is 0 Å². The number of anilines is 1. The van der Waals surface area contributed by atoms with Crippen molar-refractivity contribution in [3.05, 3.63) is 29.8 Å². The monoisotopic (exact) mass is 286 g/mol. The molecule has 1 fully saturated rings. The van der Waals surface area contributed by atoms with Crippen molar-refractivity contribution >= 4 is 11.6 Å². The lowest BCUT2D eigenvalue weighted by Crippen LogP contribution is -2.44. The van der Waals surface area contributed by atoms with Crippen molar-refractivity contribution in [3.8, 4) is 0 Å². The van der Waals surface area contributed by atoms with Crippen molar-refractivity contribution < 1.29 is 0 Å². The van der Waals surface area contributed by atoms with E-state index in [0.29, 0.717) is 0 Å². The van der Waals surface area contributed by atoms with Crippen LogP contribution in [0.1, 0.15) is 18.4 Å². The highest BCUT2D eigenvalue weighted by molar-refractivity contribution is 5.97. The van der Waals surface area contributed by atoms with Crippen molar-refractivity contribution in [1.29, 1.82) is 0 Å². The van der Waals surface area contributed by atoms with Gasteiger partial charge < -0.3 is 15.1 Å². The molecule has 114 valence electrons. The molecular formula is C17H26N4. The largest absolute Gasteiger partial charge is 0.356 e. The van der Waals surface area contributed by atoms with Gasteiger partial charge in [-0.05, 0) is 56.9 Å². The number of likely N-dealkylation sites (tertiary alicyclic amines) is 1. The average Bonchev–Trinajstić information content (AvgIpc) is 2.94. The van der Waals surface area contributed by atoms with Gasteiger partial charge in [0.25, 0.3) is 0 Å². The molecule has 4 heteroatoms. The zero-order valence-electron chi connectivity index (χ0n) is 13.2. The van der Waals surface area contributed by atoms with Crippen molar-refractivity contribution in [1.82, 2.24) is 10.2 Å². The topological polar surface area (TPSA) is 30.9 Å². The molecule has 2 aliphatic heterocycles. The predicted molar refractivity (Wildman–Crippen MR) is 89.1 cm³/mol. The molecule has 2 aliphatic rings. The van der Waals surface area contributed by atoms with E-state index in [4.69, 9.17) is 0 Å². The van der Waals surface area contributed by atoms with Gasteiger partial charge in [-0.3, -0.25) is 4.99 Å². The van der Waals surface area contributed by atoms with Gasteiger partial charge in [0.05, 0.1) is 0 Å². The van der Waals surface area contributed by atoms with Crippen LogP contribution in [0.4, 0.5) is 5.69 Å². The number of benzene rings is 1. The van der Waals surface area contributed by atoms with Crippen LogP contribution in [0, 0.1) is 5.92 Å². The quantitative estimate of drug-likeness (QED) is 0.666. The Morgan fingerprint density at radius 2 is 2.00 bits per heavy atom. The first kappa shape index (κ1) is 14.4. The van der Waals surface area contributed by atoms with Crippen molar-refractivity contribution in [2.45, 2.75) is 19.3 Å². The van der Waals surface area contributed by atoms with Gasteiger partial charge in [-0.2, -0.15) is 0 Å². The summed E-state index contributed by atoms with van der Waals surface area (Å²) >= 11 is 0. The average molecular weight is 286 g/mol. The van der Waals surface area contributed by atoms with Gasteiger partial charge in [-0.1, -0.05) is 18.2 Å². The highest BCUT2D eigenvalue weighted by Gasteiger charge is 2.23. The number of aliphatic imine (C=N–C) groups is 1. The van der Waals surface area contributed by atoms with E-state index in [1.54, 1.807) is 0 Å². The Kier molecular flexibility index (Phi) is 4.44. The van der Waals surface area contributed by atoms with E-state index in [1.807, 2.05) is 7.05 Å². The zero-order chi connectivity index (χ0) is 14.7. The van der Waals surface area contributed by atoms with E-state index in [2.05, 4.69) is 51.4 Å². The standard InChI is InChI=1S/C17H26N4/c1-18-17(19-13-14-7-10-20(2)11-8-14)21-12-9-15-5-3-4-6-16(15)21/h3-6,14H,7-13H2,1-2H3,(H,18,19). The fraction of sp³-hybridized carbons (Fsp3) is 0.588. The number of nitrogens with zero attached hydrogens (tertiary/aromatic N) is 3. The summed E-state index contributed by atoms with van der Waals surface area (Å²) in [5, 5.41) is 3.59. The highest BCUT2D eigenvalue weighted by Crippen LogP contribution is 2.27. The molecule has 0 saturated carbocycles. The van der Waals surface area contributed by atoms with Crippen molar-refractivity contribution in [3.63, 3.8) is 0 Å². The number of nitrogens with one attached hydrogen (secondary N) is 1. The fourth-order valence-corrected chi connectivity index (χ4v) is 3.36. The molecule has 1 saturated heterocycles. The first-order chi connectivity index (χ1) is 10.3. The summed E-state index contributed by atoms with van der Waals surface area (Å²) in [7, 11) is 4.10. The van der Waals surface area contributed by atoms with E-state index in [0.717, 1.165) is 31.4 Å². The number of guanidine groups is 1. The second-order valence-corrected chi connectivity index (χ2v) is 6.21. The van der Waals surface area contributed by atoms with Crippen LogP contribution in [0.15, 0.2) is 29.3 Å². The van der Waals surface area contributed by atoms with Crippen LogP contribution >= 0.6 is 0 Å². The first-order valence-corrected chi connectivity index (χ1v) is 8.02. The molecule has 2 heterocycles. The summed E-state index contributed by atoms with van der Waals surface area (Å²) in [6, 6.07) is 8.66. The number of para-hydroxylation sites is 1. The zero-order valence-corrected chi connectivity index (χ0v) is 13.2. The van der Waals surface area contributed by atoms with E-state index >= 15 is 0 Å². The number of fused-ring (bicyclic) bond motifs is 1. The molecule has 0 amide bonds. The number of rotatable bonds is 2. The van der Waals surface area contributed by atoms with Gasteiger partial charge in [0.2, 0.25) is 0 Å². The van der Waals surface area contributed by atoms with Gasteiger partial charge in [0.1, 0.15) is 0 Å². The summed E-state index contributed by atoms with van der Waals surface area (Å²) in [5.41, 5.74) is 2.74. The third-order valence-electron chi connectivity index (χ3n) is 4.74. The maximum absolute atomic E-state index is 4.49. The molecule has 0 spiro atoms. The third-order valence-corrected chi connectivity index (χ3v) is 4.74. The van der Waals surface area contributed by atoms with Crippen LogP contribution in [0.2, 0.25) is 0 Å². The van der Waals surface area contributed by atoms with Crippen molar-refractivity contribution in [2.75, 3.05) is 45.2 Å². The van der Waals surface area contributed by atoms with E-state index in [-0.39, 0.29) is 0 Å². The molecule has 0 unspecified atom stereocenters. The minimum absolute atomic E-state index is 0.774. The second kappa shape index (κ2) is 6.48. The molecule has 0 radical (unpaired) electrons. The Labute approximate surface area is 127 Å². The van der Waals surface area contributed by atoms with E-state index < -0.39 is 0 Å². The SMILES string of the molecule is CN=C(NCC1CCN(C)CC1)N1CCc2ccccc21. The summed E-state index contributed by atoms with van der Waals surface area (Å²) < 4.78 is 0. The molecule has 1 aromatic rings. The van der Waals surface area contributed by atoms with Gasteiger partial charge in [-0.15, -0.1) is 0 Å². The predicted octanol–water partition coefficient (Wildman–Crippen LogP) is 1.97. The highest BCUT2D eigenvalue weighted by atomic mass is 15.3. The summed E-state index contributed by atoms with van der Waals surface area (Å²) in [6.45, 7) is 4.51. The van der Waals surface area contributed by atoms with Gasteiger partial charge in [0.15, 0.2) is 5.96 Å². The molecule has 21 heavy (non-hydrogen) atoms. The number of hydrogen-bond acceptors (Lipinski definition) is 2. The molecule has 0 bridgehead atoms. The fourth-order valence-electron chi connectivity index (χ4n) is 3.36. The minimum Gasteiger partial charge on any atom is -0.356 e. The van der Waals surface area contributed by atoms with Crippen LogP contribution in [-0.2, 0) is 6.42 Å².